The Morgan fingerprint density at radius 1 is 1.36 bits per heavy atom. The lowest BCUT2D eigenvalue weighted by molar-refractivity contribution is 0.102. The molecule has 9 heteroatoms. The Bertz CT molecular complexity index is 841. The number of aryl methyl sites for hydroxylation is 1. The minimum absolute atomic E-state index is 0.0980. The molecule has 1 aliphatic carbocycles. The normalized spacial score (nSPS) is 14.8. The molecule has 1 saturated carbocycles. The van der Waals surface area contributed by atoms with Gasteiger partial charge in [0.1, 0.15) is 5.01 Å². The molecule has 1 fully saturated rings. The van der Waals surface area contributed by atoms with Gasteiger partial charge >= 0.3 is 0 Å². The van der Waals surface area contributed by atoms with E-state index < -0.39 is 15.9 Å². The van der Waals surface area contributed by atoms with Crippen molar-refractivity contribution in [2.45, 2.75) is 30.6 Å². The summed E-state index contributed by atoms with van der Waals surface area (Å²) in [5.41, 5.74) is 0.895. The van der Waals surface area contributed by atoms with E-state index in [1.54, 1.807) is 13.0 Å². The van der Waals surface area contributed by atoms with Crippen molar-refractivity contribution >= 4 is 32.4 Å². The number of nitrogens with one attached hydrogen (secondary N) is 1. The minimum Gasteiger partial charge on any atom is -0.296 e. The number of nitrogens with two attached hydrogens (primary N) is 1. The summed E-state index contributed by atoms with van der Waals surface area (Å²) < 4.78 is 22.8. The van der Waals surface area contributed by atoms with Crippen molar-refractivity contribution in [1.29, 1.82) is 0 Å². The Kier molecular flexibility index (Phi) is 3.71. The first-order valence-corrected chi connectivity index (χ1v) is 8.99. The zero-order valence-electron chi connectivity index (χ0n) is 11.7. The van der Waals surface area contributed by atoms with Crippen LogP contribution < -0.4 is 10.5 Å². The van der Waals surface area contributed by atoms with Crippen LogP contribution in [0.2, 0.25) is 0 Å². The lowest BCUT2D eigenvalue weighted by Crippen LogP contribution is -2.17. The molecule has 0 atom stereocenters. The van der Waals surface area contributed by atoms with E-state index in [0.717, 1.165) is 17.8 Å². The zero-order valence-corrected chi connectivity index (χ0v) is 13.4. The molecular weight excluding hydrogens is 324 g/mol. The van der Waals surface area contributed by atoms with Crippen LogP contribution in [0.25, 0.3) is 0 Å². The number of sulfonamides is 1. The van der Waals surface area contributed by atoms with Gasteiger partial charge in [-0.3, -0.25) is 10.1 Å². The summed E-state index contributed by atoms with van der Waals surface area (Å²) >= 11 is 1.34. The molecule has 0 aliphatic heterocycles. The molecule has 0 radical (unpaired) electrons. The van der Waals surface area contributed by atoms with Gasteiger partial charge in [-0.2, -0.15) is 0 Å². The van der Waals surface area contributed by atoms with Gasteiger partial charge in [-0.05, 0) is 37.5 Å². The Hall–Kier alpha value is -1.84. The number of anilines is 1. The van der Waals surface area contributed by atoms with Gasteiger partial charge in [0, 0.05) is 11.5 Å². The van der Waals surface area contributed by atoms with Crippen LogP contribution in [0.15, 0.2) is 23.1 Å². The maximum atomic E-state index is 12.3. The highest BCUT2D eigenvalue weighted by atomic mass is 32.2. The first-order chi connectivity index (χ1) is 10.3. The van der Waals surface area contributed by atoms with Crippen molar-refractivity contribution in [1.82, 2.24) is 10.2 Å². The molecule has 1 aromatic carbocycles. The third-order valence-electron chi connectivity index (χ3n) is 3.37. The highest BCUT2D eigenvalue weighted by Gasteiger charge is 2.28. The van der Waals surface area contributed by atoms with Crippen LogP contribution in [-0.4, -0.2) is 24.5 Å². The number of primary sulfonamides is 1. The molecule has 1 heterocycles. The highest BCUT2D eigenvalue weighted by molar-refractivity contribution is 7.89. The number of hydrogen-bond donors (Lipinski definition) is 2. The summed E-state index contributed by atoms with van der Waals surface area (Å²) in [5.74, 6) is 0.0390. The van der Waals surface area contributed by atoms with Crippen molar-refractivity contribution in [3.8, 4) is 0 Å². The molecule has 3 N–H and O–H groups in total. The van der Waals surface area contributed by atoms with Gasteiger partial charge in [-0.1, -0.05) is 17.4 Å². The van der Waals surface area contributed by atoms with Crippen LogP contribution in [0.1, 0.15) is 39.7 Å². The van der Waals surface area contributed by atoms with Crippen LogP contribution in [0.4, 0.5) is 5.13 Å². The van der Waals surface area contributed by atoms with E-state index in [0.29, 0.717) is 16.6 Å². The number of amides is 1. The second-order valence-electron chi connectivity index (χ2n) is 5.20. The average molecular weight is 338 g/mol. The van der Waals surface area contributed by atoms with Gasteiger partial charge in [0.2, 0.25) is 15.2 Å². The quantitative estimate of drug-likeness (QED) is 0.879. The van der Waals surface area contributed by atoms with Gasteiger partial charge < -0.3 is 0 Å². The molecule has 7 nitrogen and oxygen atoms in total. The second-order valence-corrected chi connectivity index (χ2v) is 7.77. The lowest BCUT2D eigenvalue weighted by atomic mass is 10.1. The van der Waals surface area contributed by atoms with Crippen LogP contribution in [0.3, 0.4) is 0 Å². The topological polar surface area (TPSA) is 115 Å². The largest absolute Gasteiger partial charge is 0.296 e. The molecule has 1 aromatic heterocycles. The number of carbonyl (C=O) groups is 1. The molecule has 0 saturated heterocycles. The summed E-state index contributed by atoms with van der Waals surface area (Å²) in [7, 11) is -3.85. The Morgan fingerprint density at radius 2 is 2.09 bits per heavy atom. The van der Waals surface area contributed by atoms with E-state index in [4.69, 9.17) is 5.14 Å². The number of nitrogens with zero attached hydrogens (tertiary/aromatic N) is 2. The van der Waals surface area contributed by atoms with Gasteiger partial charge in [0.15, 0.2) is 0 Å². The standard InChI is InChI=1S/C13H14N4O3S2/c1-7-2-5-9(22(14,19)20)6-10(7)11(18)15-13-17-16-12(21-13)8-3-4-8/h2,5-6,8H,3-4H2,1H3,(H2,14,19,20)(H,15,17,18). The predicted octanol–water partition coefficient (Wildman–Crippen LogP) is 1.62. The van der Waals surface area contributed by atoms with Gasteiger partial charge in [-0.25, -0.2) is 13.6 Å². The Balaban J connectivity index is 1.84. The van der Waals surface area contributed by atoms with Crippen LogP contribution in [0.5, 0.6) is 0 Å². The first kappa shape index (κ1) is 15.1. The molecule has 22 heavy (non-hydrogen) atoms. The van der Waals surface area contributed by atoms with Crippen LogP contribution in [-0.2, 0) is 10.0 Å². The van der Waals surface area contributed by atoms with E-state index >= 15 is 0 Å². The molecule has 2 aromatic rings. The second kappa shape index (κ2) is 5.41. The van der Waals surface area contributed by atoms with Crippen molar-refractivity contribution < 1.29 is 13.2 Å². The maximum Gasteiger partial charge on any atom is 0.257 e. The smallest absolute Gasteiger partial charge is 0.257 e. The van der Waals surface area contributed by atoms with Gasteiger partial charge in [-0.15, -0.1) is 10.2 Å². The summed E-state index contributed by atoms with van der Waals surface area (Å²) in [6.45, 7) is 1.72. The van der Waals surface area contributed by atoms with Crippen LogP contribution >= 0.6 is 11.3 Å². The number of aromatic nitrogens is 2. The monoisotopic (exact) mass is 338 g/mol. The fourth-order valence-electron chi connectivity index (χ4n) is 1.97. The molecule has 1 aliphatic rings. The molecule has 116 valence electrons. The van der Waals surface area contributed by atoms with Crippen molar-refractivity contribution in [2.24, 2.45) is 5.14 Å². The Morgan fingerprint density at radius 3 is 2.73 bits per heavy atom. The van der Waals surface area contributed by atoms with E-state index in [1.807, 2.05) is 0 Å². The molecule has 0 unspecified atom stereocenters. The van der Waals surface area contributed by atoms with E-state index in [1.165, 1.54) is 23.5 Å². The Labute approximate surface area is 131 Å². The number of hydrogen-bond acceptors (Lipinski definition) is 6. The van der Waals surface area contributed by atoms with Crippen molar-refractivity contribution in [3.05, 3.63) is 34.3 Å². The van der Waals surface area contributed by atoms with Gasteiger partial charge in [0.25, 0.3) is 5.91 Å². The van der Waals surface area contributed by atoms with Gasteiger partial charge in [0.05, 0.1) is 4.90 Å². The summed E-state index contributed by atoms with van der Waals surface area (Å²) in [4.78, 5) is 12.2. The molecular formula is C13H14N4O3S2. The summed E-state index contributed by atoms with van der Waals surface area (Å²) in [5, 5.41) is 17.1. The number of rotatable bonds is 4. The molecule has 3 rings (SSSR count). The molecule has 0 bridgehead atoms. The van der Waals surface area contributed by atoms with E-state index in [-0.39, 0.29) is 10.5 Å². The fraction of sp³-hybridized carbons (Fsp3) is 0.308. The number of benzene rings is 1. The minimum atomic E-state index is -3.85. The van der Waals surface area contributed by atoms with E-state index in [2.05, 4.69) is 15.5 Å². The first-order valence-electron chi connectivity index (χ1n) is 6.63. The zero-order chi connectivity index (χ0) is 15.9. The lowest BCUT2D eigenvalue weighted by Gasteiger charge is -2.07. The van der Waals surface area contributed by atoms with Crippen molar-refractivity contribution in [3.63, 3.8) is 0 Å². The maximum absolute atomic E-state index is 12.3. The van der Waals surface area contributed by atoms with Crippen LogP contribution in [0, 0.1) is 6.92 Å². The average Bonchev–Trinajstić information content (AvgIpc) is 3.19. The highest BCUT2D eigenvalue weighted by Crippen LogP contribution is 2.42. The fourth-order valence-corrected chi connectivity index (χ4v) is 3.41. The third-order valence-corrected chi connectivity index (χ3v) is 5.28. The molecule has 0 spiro atoms. The third kappa shape index (κ3) is 3.16. The molecule has 1 amide bonds. The van der Waals surface area contributed by atoms with Crippen molar-refractivity contribution in [2.75, 3.05) is 5.32 Å². The summed E-state index contributed by atoms with van der Waals surface area (Å²) in [6.07, 6.45) is 2.22. The van der Waals surface area contributed by atoms with E-state index in [9.17, 15) is 13.2 Å². The number of carbonyl (C=O) groups excluding carboxylic acids is 1. The summed E-state index contributed by atoms with van der Waals surface area (Å²) in [6, 6.07) is 4.19. The SMILES string of the molecule is Cc1ccc(S(N)(=O)=O)cc1C(=O)Nc1nnc(C2CC2)s1. The predicted molar refractivity (Wildman–Crippen MR) is 82.4 cm³/mol.